The zero-order valence-electron chi connectivity index (χ0n) is 17.1. The summed E-state index contributed by atoms with van der Waals surface area (Å²) in [7, 11) is 0. The second kappa shape index (κ2) is 8.93. The zero-order chi connectivity index (χ0) is 20.9. The minimum Gasteiger partial charge on any atom is -0.378 e. The van der Waals surface area contributed by atoms with Gasteiger partial charge in [0.2, 0.25) is 5.95 Å². The molecule has 3 aromatic heterocycles. The normalized spacial score (nSPS) is 13.9. The Bertz CT molecular complexity index is 1120. The van der Waals surface area contributed by atoms with E-state index in [4.69, 9.17) is 4.74 Å². The summed E-state index contributed by atoms with van der Waals surface area (Å²) in [4.78, 5) is 15.8. The van der Waals surface area contributed by atoms with Crippen LogP contribution in [0.15, 0.2) is 73.4 Å². The molecule has 4 heterocycles. The number of nitrogens with one attached hydrogen (secondary N) is 1. The van der Waals surface area contributed by atoms with Crippen LogP contribution in [-0.4, -0.2) is 51.0 Å². The molecular formula is C23H23N7O. The van der Waals surface area contributed by atoms with Crippen molar-refractivity contribution in [2.24, 2.45) is 0 Å². The second-order valence-electron chi connectivity index (χ2n) is 7.32. The fourth-order valence-corrected chi connectivity index (χ4v) is 3.55. The van der Waals surface area contributed by atoms with Crippen LogP contribution in [0.3, 0.4) is 0 Å². The van der Waals surface area contributed by atoms with Gasteiger partial charge in [-0.1, -0.05) is 12.1 Å². The highest BCUT2D eigenvalue weighted by Gasteiger charge is 2.13. The Morgan fingerprint density at radius 2 is 1.87 bits per heavy atom. The number of nitrogens with zero attached hydrogens (tertiary/aromatic N) is 6. The summed E-state index contributed by atoms with van der Waals surface area (Å²) in [6.07, 6.45) is 9.22. The molecule has 0 saturated carbocycles. The molecule has 1 saturated heterocycles. The van der Waals surface area contributed by atoms with Crippen molar-refractivity contribution in [3.63, 3.8) is 0 Å². The molecule has 0 aliphatic carbocycles. The summed E-state index contributed by atoms with van der Waals surface area (Å²) >= 11 is 0. The number of rotatable bonds is 6. The molecule has 0 radical (unpaired) electrons. The van der Waals surface area contributed by atoms with Crippen LogP contribution < -0.4 is 10.2 Å². The van der Waals surface area contributed by atoms with Gasteiger partial charge in [0.15, 0.2) is 0 Å². The minimum atomic E-state index is 0.550. The van der Waals surface area contributed by atoms with Crippen LogP contribution in [0.2, 0.25) is 0 Å². The van der Waals surface area contributed by atoms with Gasteiger partial charge in [-0.3, -0.25) is 9.67 Å². The van der Waals surface area contributed by atoms with Crippen molar-refractivity contribution in [2.45, 2.75) is 6.54 Å². The van der Waals surface area contributed by atoms with Gasteiger partial charge in [-0.2, -0.15) is 5.10 Å². The first-order chi connectivity index (χ1) is 15.3. The Morgan fingerprint density at radius 1 is 1.00 bits per heavy atom. The Morgan fingerprint density at radius 3 is 2.68 bits per heavy atom. The zero-order valence-corrected chi connectivity index (χ0v) is 17.1. The van der Waals surface area contributed by atoms with Crippen LogP contribution >= 0.6 is 0 Å². The van der Waals surface area contributed by atoms with Gasteiger partial charge in [-0.25, -0.2) is 9.97 Å². The number of hydrogen-bond acceptors (Lipinski definition) is 7. The van der Waals surface area contributed by atoms with Gasteiger partial charge >= 0.3 is 0 Å². The molecule has 156 valence electrons. The quantitative estimate of drug-likeness (QED) is 0.519. The number of anilines is 3. The third kappa shape index (κ3) is 4.70. The van der Waals surface area contributed by atoms with Gasteiger partial charge in [0.1, 0.15) is 0 Å². The van der Waals surface area contributed by atoms with Gasteiger partial charge in [0, 0.05) is 49.1 Å². The monoisotopic (exact) mass is 413 g/mol. The predicted molar refractivity (Wildman–Crippen MR) is 119 cm³/mol. The average molecular weight is 413 g/mol. The molecule has 0 amide bonds. The molecule has 0 unspecified atom stereocenters. The summed E-state index contributed by atoms with van der Waals surface area (Å²) in [5.74, 6) is 0.550. The van der Waals surface area contributed by atoms with Crippen molar-refractivity contribution in [1.82, 2.24) is 24.7 Å². The molecule has 4 aromatic rings. The van der Waals surface area contributed by atoms with Gasteiger partial charge in [0.25, 0.3) is 0 Å². The molecule has 8 nitrogen and oxygen atoms in total. The first-order valence-electron chi connectivity index (χ1n) is 10.3. The molecule has 1 aliphatic heterocycles. The molecule has 1 N–H and O–H groups in total. The third-order valence-corrected chi connectivity index (χ3v) is 5.17. The van der Waals surface area contributed by atoms with Crippen molar-refractivity contribution in [1.29, 1.82) is 0 Å². The minimum absolute atomic E-state index is 0.550. The molecule has 0 spiro atoms. The van der Waals surface area contributed by atoms with Crippen molar-refractivity contribution >= 4 is 17.3 Å². The predicted octanol–water partition coefficient (Wildman–Crippen LogP) is 3.36. The van der Waals surface area contributed by atoms with E-state index < -0.39 is 0 Å². The lowest BCUT2D eigenvalue weighted by molar-refractivity contribution is 0.122. The number of morpholine rings is 1. The maximum Gasteiger partial charge on any atom is 0.227 e. The van der Waals surface area contributed by atoms with E-state index in [2.05, 4.69) is 48.5 Å². The molecule has 5 rings (SSSR count). The van der Waals surface area contributed by atoms with E-state index in [-0.39, 0.29) is 0 Å². The number of aromatic nitrogens is 5. The van der Waals surface area contributed by atoms with Gasteiger partial charge in [0.05, 0.1) is 37.3 Å². The van der Waals surface area contributed by atoms with Gasteiger partial charge < -0.3 is 15.0 Å². The number of pyridine rings is 1. The highest BCUT2D eigenvalue weighted by atomic mass is 16.5. The number of ether oxygens (including phenoxy) is 1. The van der Waals surface area contributed by atoms with Crippen LogP contribution in [-0.2, 0) is 11.3 Å². The van der Waals surface area contributed by atoms with Crippen LogP contribution in [0.5, 0.6) is 0 Å². The molecule has 1 fully saturated rings. The maximum atomic E-state index is 5.45. The van der Waals surface area contributed by atoms with E-state index in [1.165, 1.54) is 5.56 Å². The lowest BCUT2D eigenvalue weighted by Crippen LogP contribution is -2.36. The standard InChI is InChI=1S/C23H23N7O/c1-7-26-30(9-1)17-18-2-4-20(5-3-18)27-23-25-8-6-22(28-23)19-14-21(16-24-15-19)29-10-12-31-13-11-29/h1-9,14-16H,10-13,17H2,(H,25,27,28). The van der Waals surface area contributed by atoms with E-state index >= 15 is 0 Å². The Hall–Kier alpha value is -3.78. The van der Waals surface area contributed by atoms with Crippen LogP contribution in [0.1, 0.15) is 5.56 Å². The number of hydrogen-bond donors (Lipinski definition) is 1. The SMILES string of the molecule is c1cnn(Cc2ccc(Nc3nccc(-c4cncc(N5CCOCC5)c4)n3)cc2)c1. The molecule has 1 aliphatic rings. The molecule has 0 bridgehead atoms. The lowest BCUT2D eigenvalue weighted by atomic mass is 10.2. The van der Waals surface area contributed by atoms with Crippen LogP contribution in [0.4, 0.5) is 17.3 Å². The first-order valence-corrected chi connectivity index (χ1v) is 10.3. The highest BCUT2D eigenvalue weighted by molar-refractivity contribution is 5.65. The van der Waals surface area contributed by atoms with Crippen molar-refractivity contribution in [3.05, 3.63) is 79.0 Å². The fraction of sp³-hybridized carbons (Fsp3) is 0.217. The molecule has 1 aromatic carbocycles. The maximum absolute atomic E-state index is 5.45. The van der Waals surface area contributed by atoms with Crippen LogP contribution in [0, 0.1) is 0 Å². The summed E-state index contributed by atoms with van der Waals surface area (Å²) < 4.78 is 7.34. The Balaban J connectivity index is 1.30. The molecule has 8 heteroatoms. The lowest BCUT2D eigenvalue weighted by Gasteiger charge is -2.28. The van der Waals surface area contributed by atoms with E-state index in [1.807, 2.05) is 47.5 Å². The fourth-order valence-electron chi connectivity index (χ4n) is 3.55. The smallest absolute Gasteiger partial charge is 0.227 e. The largest absolute Gasteiger partial charge is 0.378 e. The van der Waals surface area contributed by atoms with Crippen LogP contribution in [0.25, 0.3) is 11.3 Å². The first kappa shape index (κ1) is 19.2. The molecule has 31 heavy (non-hydrogen) atoms. The van der Waals surface area contributed by atoms with Crippen molar-refractivity contribution in [3.8, 4) is 11.3 Å². The Labute approximate surface area is 180 Å². The molecule has 0 atom stereocenters. The van der Waals surface area contributed by atoms with Gasteiger partial charge in [-0.05, 0) is 35.9 Å². The summed E-state index contributed by atoms with van der Waals surface area (Å²) in [6.45, 7) is 3.97. The summed E-state index contributed by atoms with van der Waals surface area (Å²) in [5, 5.41) is 7.53. The average Bonchev–Trinajstić information content (AvgIpc) is 3.34. The topological polar surface area (TPSA) is 81.0 Å². The third-order valence-electron chi connectivity index (χ3n) is 5.17. The van der Waals surface area contributed by atoms with E-state index in [9.17, 15) is 0 Å². The number of benzene rings is 1. The van der Waals surface area contributed by atoms with E-state index in [0.29, 0.717) is 5.95 Å². The van der Waals surface area contributed by atoms with E-state index in [1.54, 1.807) is 12.4 Å². The van der Waals surface area contributed by atoms with Gasteiger partial charge in [-0.15, -0.1) is 0 Å². The van der Waals surface area contributed by atoms with Crippen molar-refractivity contribution < 1.29 is 4.74 Å². The second-order valence-corrected chi connectivity index (χ2v) is 7.32. The van der Waals surface area contributed by atoms with E-state index in [0.717, 1.165) is 55.5 Å². The summed E-state index contributed by atoms with van der Waals surface area (Å²) in [6, 6.07) is 14.1. The highest BCUT2D eigenvalue weighted by Crippen LogP contribution is 2.24. The Kier molecular flexibility index (Phi) is 5.53. The molecular weight excluding hydrogens is 390 g/mol. The van der Waals surface area contributed by atoms with Crippen molar-refractivity contribution in [2.75, 3.05) is 36.5 Å². The summed E-state index contributed by atoms with van der Waals surface area (Å²) in [5.41, 5.74) is 4.98.